The van der Waals surface area contributed by atoms with Crippen molar-refractivity contribution in [2.45, 2.75) is 19.5 Å². The summed E-state index contributed by atoms with van der Waals surface area (Å²) in [4.78, 5) is 0. The van der Waals surface area contributed by atoms with Crippen molar-refractivity contribution < 1.29 is 0 Å². The van der Waals surface area contributed by atoms with Gasteiger partial charge in [0.2, 0.25) is 0 Å². The highest BCUT2D eigenvalue weighted by molar-refractivity contribution is 9.10. The zero-order valence-electron chi connectivity index (χ0n) is 6.39. The molecule has 1 N–H and O–H groups in total. The maximum Gasteiger partial charge on any atom is 0.0309 e. The highest BCUT2D eigenvalue weighted by Gasteiger charge is 2.19. The molecule has 58 valence electrons. The van der Waals surface area contributed by atoms with E-state index in [9.17, 15) is 0 Å². The lowest BCUT2D eigenvalue weighted by Gasteiger charge is -2.05. The Hall–Kier alpha value is -0.340. The molecule has 1 aromatic carbocycles. The van der Waals surface area contributed by atoms with Gasteiger partial charge in [-0.2, -0.15) is 0 Å². The molecule has 2 heteroatoms. The summed E-state index contributed by atoms with van der Waals surface area (Å²) in [5.74, 6) is 0. The fourth-order valence-corrected chi connectivity index (χ4v) is 2.34. The van der Waals surface area contributed by atoms with E-state index < -0.39 is 0 Å². The van der Waals surface area contributed by atoms with E-state index >= 15 is 0 Å². The van der Waals surface area contributed by atoms with Gasteiger partial charge in [-0.15, -0.1) is 0 Å². The summed E-state index contributed by atoms with van der Waals surface area (Å²) >= 11 is 3.55. The van der Waals surface area contributed by atoms with Gasteiger partial charge in [-0.05, 0) is 24.1 Å². The fourth-order valence-electron chi connectivity index (χ4n) is 1.59. The molecule has 1 aromatic rings. The number of rotatable bonds is 0. The van der Waals surface area contributed by atoms with Crippen LogP contribution >= 0.6 is 15.9 Å². The van der Waals surface area contributed by atoms with Crippen LogP contribution in [0, 0.1) is 0 Å². The molecule has 1 aliphatic heterocycles. The van der Waals surface area contributed by atoms with E-state index in [2.05, 4.69) is 46.4 Å². The van der Waals surface area contributed by atoms with Crippen LogP contribution in [0.2, 0.25) is 0 Å². The third-order valence-electron chi connectivity index (χ3n) is 2.17. The second-order valence-electron chi connectivity index (χ2n) is 2.92. The second kappa shape index (κ2) is 2.61. The van der Waals surface area contributed by atoms with E-state index in [4.69, 9.17) is 0 Å². The number of benzene rings is 1. The molecule has 0 aliphatic carbocycles. The average Bonchev–Trinajstić information content (AvgIpc) is 2.34. The summed E-state index contributed by atoms with van der Waals surface area (Å²) in [6, 6.07) is 6.86. The molecule has 1 nitrogen and oxygen atoms in total. The molecule has 0 radical (unpaired) electrons. The number of halogens is 1. The van der Waals surface area contributed by atoms with E-state index in [-0.39, 0.29) is 0 Å². The predicted molar refractivity (Wildman–Crippen MR) is 49.4 cm³/mol. The van der Waals surface area contributed by atoms with Gasteiger partial charge in [0.05, 0.1) is 0 Å². The maximum absolute atomic E-state index is 3.55. The van der Waals surface area contributed by atoms with Crippen LogP contribution in [0.5, 0.6) is 0 Å². The lowest BCUT2D eigenvalue weighted by molar-refractivity contribution is 0.632. The summed E-state index contributed by atoms with van der Waals surface area (Å²) in [7, 11) is 0. The first-order valence-corrected chi connectivity index (χ1v) is 4.59. The fraction of sp³-hybridized carbons (Fsp3) is 0.333. The van der Waals surface area contributed by atoms with Gasteiger partial charge in [0.25, 0.3) is 0 Å². The summed E-state index contributed by atoms with van der Waals surface area (Å²) in [5, 5.41) is 3.40. The largest absolute Gasteiger partial charge is 0.306 e. The Morgan fingerprint density at radius 2 is 2.36 bits per heavy atom. The number of hydrogen-bond donors (Lipinski definition) is 1. The van der Waals surface area contributed by atoms with E-state index in [1.54, 1.807) is 0 Å². The Balaban J connectivity index is 2.58. The van der Waals surface area contributed by atoms with Crippen LogP contribution in [0.3, 0.4) is 0 Å². The molecule has 0 saturated carbocycles. The van der Waals surface area contributed by atoms with Gasteiger partial charge in [0, 0.05) is 17.1 Å². The quantitative estimate of drug-likeness (QED) is 0.696. The van der Waals surface area contributed by atoms with Crippen molar-refractivity contribution in [1.82, 2.24) is 5.32 Å². The van der Waals surface area contributed by atoms with Gasteiger partial charge in [-0.1, -0.05) is 28.1 Å². The maximum atomic E-state index is 3.55. The summed E-state index contributed by atoms with van der Waals surface area (Å²) in [6.45, 7) is 3.20. The number of hydrogen-bond acceptors (Lipinski definition) is 1. The molecular formula is C9H10BrN. The van der Waals surface area contributed by atoms with Crippen LogP contribution in [-0.4, -0.2) is 0 Å². The Labute approximate surface area is 74.9 Å². The van der Waals surface area contributed by atoms with Gasteiger partial charge >= 0.3 is 0 Å². The van der Waals surface area contributed by atoms with Crippen molar-refractivity contribution in [3.63, 3.8) is 0 Å². The normalized spacial score (nSPS) is 21.8. The van der Waals surface area contributed by atoms with Crippen LogP contribution in [0.1, 0.15) is 24.1 Å². The summed E-state index contributed by atoms with van der Waals surface area (Å²) in [5.41, 5.74) is 2.85. The molecule has 0 amide bonds. The molecule has 1 heterocycles. The standard InChI is InChI=1S/C9H10BrN/c1-6-9-7(5-11-6)3-2-4-8(9)10/h2-4,6,11H,5H2,1H3. The van der Waals surface area contributed by atoms with Gasteiger partial charge < -0.3 is 5.32 Å². The van der Waals surface area contributed by atoms with Crippen LogP contribution in [0.4, 0.5) is 0 Å². The van der Waals surface area contributed by atoms with Gasteiger partial charge in [0.1, 0.15) is 0 Å². The molecule has 0 spiro atoms. The zero-order valence-corrected chi connectivity index (χ0v) is 7.98. The molecule has 0 aromatic heterocycles. The minimum Gasteiger partial charge on any atom is -0.306 e. The van der Waals surface area contributed by atoms with E-state index in [1.807, 2.05) is 0 Å². The SMILES string of the molecule is CC1NCc2cccc(Br)c21. The van der Waals surface area contributed by atoms with Gasteiger partial charge in [-0.25, -0.2) is 0 Å². The van der Waals surface area contributed by atoms with Crippen molar-refractivity contribution in [3.05, 3.63) is 33.8 Å². The number of nitrogens with one attached hydrogen (secondary N) is 1. The van der Waals surface area contributed by atoms with Crippen molar-refractivity contribution in [1.29, 1.82) is 0 Å². The first kappa shape index (κ1) is 7.32. The van der Waals surface area contributed by atoms with Crippen LogP contribution in [0.25, 0.3) is 0 Å². The Bertz CT molecular complexity index is 283. The van der Waals surface area contributed by atoms with Gasteiger partial charge in [0.15, 0.2) is 0 Å². The monoisotopic (exact) mass is 211 g/mol. The number of fused-ring (bicyclic) bond motifs is 1. The zero-order chi connectivity index (χ0) is 7.84. The molecule has 1 atom stereocenters. The molecule has 1 aliphatic rings. The highest BCUT2D eigenvalue weighted by Crippen LogP contribution is 2.31. The van der Waals surface area contributed by atoms with Crippen molar-refractivity contribution in [2.24, 2.45) is 0 Å². The van der Waals surface area contributed by atoms with E-state index in [1.165, 1.54) is 15.6 Å². The molecule has 1 unspecified atom stereocenters. The second-order valence-corrected chi connectivity index (χ2v) is 3.77. The lowest BCUT2D eigenvalue weighted by Crippen LogP contribution is -2.07. The Kier molecular flexibility index (Phi) is 1.74. The molecule has 11 heavy (non-hydrogen) atoms. The van der Waals surface area contributed by atoms with Crippen molar-refractivity contribution >= 4 is 15.9 Å². The minimum atomic E-state index is 0.501. The average molecular weight is 212 g/mol. The topological polar surface area (TPSA) is 12.0 Å². The van der Waals surface area contributed by atoms with E-state index in [0.717, 1.165) is 6.54 Å². The third kappa shape index (κ3) is 1.10. The van der Waals surface area contributed by atoms with Crippen molar-refractivity contribution in [2.75, 3.05) is 0 Å². The third-order valence-corrected chi connectivity index (χ3v) is 2.87. The lowest BCUT2D eigenvalue weighted by atomic mass is 10.1. The van der Waals surface area contributed by atoms with Crippen LogP contribution in [0.15, 0.2) is 22.7 Å². The first-order chi connectivity index (χ1) is 5.29. The molecule has 0 saturated heterocycles. The van der Waals surface area contributed by atoms with Crippen LogP contribution in [-0.2, 0) is 6.54 Å². The molecule has 0 fully saturated rings. The highest BCUT2D eigenvalue weighted by atomic mass is 79.9. The van der Waals surface area contributed by atoms with Crippen LogP contribution < -0.4 is 5.32 Å². The smallest absolute Gasteiger partial charge is 0.0309 e. The minimum absolute atomic E-state index is 0.501. The summed E-state index contributed by atoms with van der Waals surface area (Å²) < 4.78 is 1.23. The Morgan fingerprint density at radius 3 is 3.09 bits per heavy atom. The first-order valence-electron chi connectivity index (χ1n) is 3.79. The van der Waals surface area contributed by atoms with Gasteiger partial charge in [-0.3, -0.25) is 0 Å². The Morgan fingerprint density at radius 1 is 1.55 bits per heavy atom. The van der Waals surface area contributed by atoms with Crippen molar-refractivity contribution in [3.8, 4) is 0 Å². The molecule has 2 rings (SSSR count). The molecule has 0 bridgehead atoms. The van der Waals surface area contributed by atoms with E-state index in [0.29, 0.717) is 6.04 Å². The molecular weight excluding hydrogens is 202 g/mol. The summed E-state index contributed by atoms with van der Waals surface area (Å²) in [6.07, 6.45) is 0. The predicted octanol–water partition coefficient (Wildman–Crippen LogP) is 2.61.